The van der Waals surface area contributed by atoms with E-state index in [1.54, 1.807) is 19.3 Å². The summed E-state index contributed by atoms with van der Waals surface area (Å²) in [5.74, 6) is 2.26. The Hall–Kier alpha value is -2.77. The summed E-state index contributed by atoms with van der Waals surface area (Å²) in [6.07, 6.45) is 1.14. The van der Waals surface area contributed by atoms with E-state index < -0.39 is 13.0 Å². The number of rotatable bonds is 10. The lowest BCUT2D eigenvalue weighted by Crippen LogP contribution is -2.28. The summed E-state index contributed by atoms with van der Waals surface area (Å²) < 4.78 is 31.4. The quantitative estimate of drug-likeness (QED) is 0.558. The first-order valence-electron chi connectivity index (χ1n) is 10.7. The molecular weight excluding hydrogens is 402 g/mol. The number of hydrogen-bond donors (Lipinski definition) is 0. The molecule has 3 rings (SSSR count). The van der Waals surface area contributed by atoms with Crippen LogP contribution in [-0.4, -0.2) is 55.0 Å². The molecule has 2 heterocycles. The van der Waals surface area contributed by atoms with Gasteiger partial charge >= 0.3 is 0 Å². The molecule has 1 saturated heterocycles. The first-order chi connectivity index (χ1) is 14.9. The molecule has 6 nitrogen and oxygen atoms in total. The lowest BCUT2D eigenvalue weighted by molar-refractivity contribution is -0.119. The third kappa shape index (κ3) is 6.35. The molecular formula is C23H30F2N4O2. The fourth-order valence-corrected chi connectivity index (χ4v) is 3.69. The number of hydrogen-bond acceptors (Lipinski definition) is 6. The number of aromatic nitrogens is 2. The minimum atomic E-state index is -2.44. The number of nitrogens with zero attached hydrogens (tertiary/aromatic N) is 4. The fourth-order valence-electron chi connectivity index (χ4n) is 3.69. The summed E-state index contributed by atoms with van der Waals surface area (Å²) in [7, 11) is 1.56. The van der Waals surface area contributed by atoms with Gasteiger partial charge in [-0.05, 0) is 29.7 Å². The number of benzene rings is 1. The summed E-state index contributed by atoms with van der Waals surface area (Å²) in [4.78, 5) is 23.6. The van der Waals surface area contributed by atoms with Gasteiger partial charge < -0.3 is 14.5 Å². The van der Waals surface area contributed by atoms with Gasteiger partial charge in [0.05, 0.1) is 13.1 Å². The van der Waals surface area contributed by atoms with Gasteiger partial charge in [-0.25, -0.2) is 13.8 Å². The molecule has 0 saturated carbocycles. The molecule has 0 spiro atoms. The van der Waals surface area contributed by atoms with Crippen LogP contribution in [0, 0.1) is 0 Å². The molecule has 0 bridgehead atoms. The van der Waals surface area contributed by atoms with Crippen LogP contribution >= 0.6 is 0 Å². The highest BCUT2D eigenvalue weighted by Gasteiger charge is 2.26. The summed E-state index contributed by atoms with van der Waals surface area (Å²) in [5, 5.41) is 0. The van der Waals surface area contributed by atoms with Crippen LogP contribution in [0.3, 0.4) is 0 Å². The van der Waals surface area contributed by atoms with E-state index in [0.29, 0.717) is 25.2 Å². The Morgan fingerprint density at radius 1 is 1.29 bits per heavy atom. The lowest BCUT2D eigenvalue weighted by atomic mass is 9.95. The maximum Gasteiger partial charge on any atom is 0.255 e. The maximum absolute atomic E-state index is 12.6. The van der Waals surface area contributed by atoms with E-state index in [1.807, 2.05) is 31.2 Å². The van der Waals surface area contributed by atoms with Crippen LogP contribution in [0.5, 0.6) is 5.75 Å². The van der Waals surface area contributed by atoms with E-state index >= 15 is 0 Å². The monoisotopic (exact) mass is 432 g/mol. The molecule has 2 atom stereocenters. The number of carbonyl (C=O) groups excluding carboxylic acids is 1. The Bertz CT molecular complexity index is 863. The van der Waals surface area contributed by atoms with Gasteiger partial charge in [-0.3, -0.25) is 4.79 Å². The number of ether oxygens (including phenoxy) is 1. The van der Waals surface area contributed by atoms with Crippen molar-refractivity contribution in [3.63, 3.8) is 0 Å². The van der Waals surface area contributed by atoms with Crippen molar-refractivity contribution in [2.24, 2.45) is 0 Å². The standard InChI is InChI=1S/C23H30F2N4O2/c1-4-18(30)13-16(2)17-5-7-19(8-6-17)31-20-10-12-29(14-20)22-9-11-26-23(27-22)28(3)15-21(24)25/h5-9,11,16,20-21H,4,10,12-15H2,1-3H3/t16-,20?/m1/s1. The Morgan fingerprint density at radius 2 is 2.03 bits per heavy atom. The smallest absolute Gasteiger partial charge is 0.255 e. The maximum atomic E-state index is 12.6. The molecule has 0 radical (unpaired) electrons. The predicted molar refractivity (Wildman–Crippen MR) is 117 cm³/mol. The third-order valence-electron chi connectivity index (χ3n) is 5.53. The first-order valence-corrected chi connectivity index (χ1v) is 10.7. The fraction of sp³-hybridized carbons (Fsp3) is 0.522. The number of alkyl halides is 2. The van der Waals surface area contributed by atoms with Gasteiger partial charge in [0.15, 0.2) is 0 Å². The average Bonchev–Trinajstić information content (AvgIpc) is 3.22. The second kappa shape index (κ2) is 10.5. The summed E-state index contributed by atoms with van der Waals surface area (Å²) in [6.45, 7) is 4.98. The molecule has 1 unspecified atom stereocenters. The third-order valence-corrected chi connectivity index (χ3v) is 5.53. The molecule has 0 amide bonds. The zero-order chi connectivity index (χ0) is 22.4. The Morgan fingerprint density at radius 3 is 2.71 bits per heavy atom. The van der Waals surface area contributed by atoms with Gasteiger partial charge in [-0.1, -0.05) is 26.0 Å². The van der Waals surface area contributed by atoms with Crippen molar-refractivity contribution >= 4 is 17.5 Å². The molecule has 1 aromatic heterocycles. The van der Waals surface area contributed by atoms with E-state index in [4.69, 9.17) is 4.74 Å². The zero-order valence-electron chi connectivity index (χ0n) is 18.3. The summed E-state index contributed by atoms with van der Waals surface area (Å²) in [5.41, 5.74) is 1.13. The van der Waals surface area contributed by atoms with Crippen molar-refractivity contribution in [2.45, 2.75) is 51.6 Å². The van der Waals surface area contributed by atoms with Crippen molar-refractivity contribution in [1.29, 1.82) is 0 Å². The SMILES string of the molecule is CCC(=O)C[C@@H](C)c1ccc(OC2CCN(c3ccnc(N(C)CC(F)F)n3)C2)cc1. The zero-order valence-corrected chi connectivity index (χ0v) is 18.3. The largest absolute Gasteiger partial charge is 0.489 e. The molecule has 1 aromatic carbocycles. The second-order valence-corrected chi connectivity index (χ2v) is 8.03. The molecule has 1 fully saturated rings. The molecule has 0 aliphatic carbocycles. The van der Waals surface area contributed by atoms with Crippen molar-refractivity contribution in [3.8, 4) is 5.75 Å². The normalized spacial score (nSPS) is 17.1. The highest BCUT2D eigenvalue weighted by Crippen LogP contribution is 2.26. The number of carbonyl (C=O) groups is 1. The summed E-state index contributed by atoms with van der Waals surface area (Å²) in [6, 6.07) is 9.73. The van der Waals surface area contributed by atoms with Crippen LogP contribution in [0.1, 0.15) is 44.6 Å². The number of Topliss-reactive ketones (excluding diaryl/α,β-unsaturated/α-hetero) is 1. The van der Waals surface area contributed by atoms with Crippen LogP contribution in [0.4, 0.5) is 20.5 Å². The van der Waals surface area contributed by atoms with E-state index in [-0.39, 0.29) is 23.8 Å². The van der Waals surface area contributed by atoms with Gasteiger partial charge in [0, 0.05) is 39.1 Å². The van der Waals surface area contributed by atoms with E-state index in [0.717, 1.165) is 24.3 Å². The van der Waals surface area contributed by atoms with Crippen LogP contribution in [0.25, 0.3) is 0 Å². The van der Waals surface area contributed by atoms with Gasteiger partial charge in [-0.2, -0.15) is 4.98 Å². The van der Waals surface area contributed by atoms with Crippen molar-refractivity contribution in [2.75, 3.05) is 36.5 Å². The minimum absolute atomic E-state index is 0.0159. The van der Waals surface area contributed by atoms with E-state index in [2.05, 4.69) is 21.8 Å². The molecule has 0 N–H and O–H groups in total. The summed E-state index contributed by atoms with van der Waals surface area (Å²) >= 11 is 0. The first kappa shape index (κ1) is 22.9. The van der Waals surface area contributed by atoms with Crippen molar-refractivity contribution in [3.05, 3.63) is 42.1 Å². The highest BCUT2D eigenvalue weighted by atomic mass is 19.3. The van der Waals surface area contributed by atoms with E-state index in [9.17, 15) is 13.6 Å². The Balaban J connectivity index is 1.56. The number of halogens is 2. The number of ketones is 1. The molecule has 1 aliphatic rings. The van der Waals surface area contributed by atoms with Crippen LogP contribution in [0.2, 0.25) is 0 Å². The predicted octanol–water partition coefficient (Wildman–Crippen LogP) is 4.31. The van der Waals surface area contributed by atoms with Crippen LogP contribution in [-0.2, 0) is 4.79 Å². The van der Waals surface area contributed by atoms with E-state index in [1.165, 1.54) is 4.90 Å². The minimum Gasteiger partial charge on any atom is -0.489 e. The topological polar surface area (TPSA) is 58.6 Å². The van der Waals surface area contributed by atoms with Gasteiger partial charge in [-0.15, -0.1) is 0 Å². The average molecular weight is 433 g/mol. The Kier molecular flexibility index (Phi) is 7.76. The Labute approximate surface area is 182 Å². The molecule has 1 aliphatic heterocycles. The molecule has 168 valence electrons. The van der Waals surface area contributed by atoms with Crippen LogP contribution in [0.15, 0.2) is 36.5 Å². The van der Waals surface area contributed by atoms with Crippen molar-refractivity contribution < 1.29 is 18.3 Å². The van der Waals surface area contributed by atoms with Crippen molar-refractivity contribution in [1.82, 2.24) is 9.97 Å². The molecule has 31 heavy (non-hydrogen) atoms. The molecule has 8 heteroatoms. The highest BCUT2D eigenvalue weighted by molar-refractivity contribution is 5.78. The van der Waals surface area contributed by atoms with Gasteiger partial charge in [0.2, 0.25) is 5.95 Å². The second-order valence-electron chi connectivity index (χ2n) is 8.03. The van der Waals surface area contributed by atoms with Crippen LogP contribution < -0.4 is 14.5 Å². The van der Waals surface area contributed by atoms with Gasteiger partial charge in [0.1, 0.15) is 23.5 Å². The molecule has 2 aromatic rings. The number of anilines is 2. The van der Waals surface area contributed by atoms with Gasteiger partial charge in [0.25, 0.3) is 6.43 Å². The lowest BCUT2D eigenvalue weighted by Gasteiger charge is -2.21.